The Morgan fingerprint density at radius 2 is 1.89 bits per heavy atom. The normalized spacial score (nSPS) is 10.8. The smallest absolute Gasteiger partial charge is 0.340 e. The number of carboxylic acids is 1. The molecule has 0 aliphatic carbocycles. The number of benzene rings is 1. The fourth-order valence-corrected chi connectivity index (χ4v) is 1.32. The third-order valence-corrected chi connectivity index (χ3v) is 1.98. The van der Waals surface area contributed by atoms with E-state index in [0.29, 0.717) is 11.3 Å². The number of carbonyl (C=O) groups is 2. The minimum atomic E-state index is -0.992. The molecule has 0 aliphatic heterocycles. The molecule has 0 saturated carbocycles. The van der Waals surface area contributed by atoms with Gasteiger partial charge in [-0.15, -0.1) is 0 Å². The van der Waals surface area contributed by atoms with Crippen LogP contribution < -0.4 is 5.32 Å². The van der Waals surface area contributed by atoms with Gasteiger partial charge in [-0.2, -0.15) is 0 Å². The Morgan fingerprint density at radius 1 is 1.28 bits per heavy atom. The van der Waals surface area contributed by atoms with E-state index in [-0.39, 0.29) is 6.54 Å². The lowest BCUT2D eigenvalue weighted by Crippen LogP contribution is -2.25. The second-order valence-corrected chi connectivity index (χ2v) is 4.79. The van der Waals surface area contributed by atoms with Gasteiger partial charge in [-0.1, -0.05) is 12.1 Å². The SMILES string of the molecule is CC(C)(C)OC(=O)c1ccccc1NCC(=O)O. The van der Waals surface area contributed by atoms with E-state index in [1.54, 1.807) is 45.0 Å². The molecule has 0 heterocycles. The monoisotopic (exact) mass is 251 g/mol. The first-order valence-corrected chi connectivity index (χ1v) is 5.57. The molecule has 18 heavy (non-hydrogen) atoms. The molecule has 0 radical (unpaired) electrons. The number of hydrogen-bond donors (Lipinski definition) is 2. The van der Waals surface area contributed by atoms with Crippen LogP contribution >= 0.6 is 0 Å². The Kier molecular flexibility index (Phi) is 4.31. The Balaban J connectivity index is 2.87. The van der Waals surface area contributed by atoms with Gasteiger partial charge in [-0.25, -0.2) is 4.79 Å². The van der Waals surface area contributed by atoms with Crippen molar-refractivity contribution in [1.29, 1.82) is 0 Å². The van der Waals surface area contributed by atoms with Gasteiger partial charge < -0.3 is 15.2 Å². The third-order valence-electron chi connectivity index (χ3n) is 1.98. The van der Waals surface area contributed by atoms with Crippen LogP contribution in [-0.2, 0) is 9.53 Å². The number of carbonyl (C=O) groups excluding carboxylic acids is 1. The highest BCUT2D eigenvalue weighted by molar-refractivity contribution is 5.96. The maximum Gasteiger partial charge on any atom is 0.340 e. The zero-order chi connectivity index (χ0) is 13.8. The predicted octanol–water partition coefficient (Wildman–Crippen LogP) is 2.14. The van der Waals surface area contributed by atoms with Gasteiger partial charge in [0.1, 0.15) is 12.1 Å². The standard InChI is InChI=1S/C13H17NO4/c1-13(2,3)18-12(17)9-6-4-5-7-10(9)14-8-11(15)16/h4-7,14H,8H2,1-3H3,(H,15,16). The van der Waals surface area contributed by atoms with Gasteiger partial charge in [0.25, 0.3) is 0 Å². The lowest BCUT2D eigenvalue weighted by Gasteiger charge is -2.20. The molecule has 5 nitrogen and oxygen atoms in total. The number of carboxylic acid groups (broad SMARTS) is 1. The van der Waals surface area contributed by atoms with Crippen LogP contribution in [0.5, 0.6) is 0 Å². The molecule has 0 bridgehead atoms. The first-order valence-electron chi connectivity index (χ1n) is 5.57. The van der Waals surface area contributed by atoms with E-state index in [9.17, 15) is 9.59 Å². The van der Waals surface area contributed by atoms with Gasteiger partial charge in [0, 0.05) is 5.69 Å². The molecule has 0 fully saturated rings. The molecule has 0 aliphatic rings. The second kappa shape index (κ2) is 5.53. The third kappa shape index (κ3) is 4.45. The van der Waals surface area contributed by atoms with E-state index in [4.69, 9.17) is 9.84 Å². The van der Waals surface area contributed by atoms with Gasteiger partial charge in [0.05, 0.1) is 5.56 Å². The van der Waals surface area contributed by atoms with Crippen LogP contribution in [0, 0.1) is 0 Å². The maximum atomic E-state index is 11.9. The van der Waals surface area contributed by atoms with Crippen molar-refractivity contribution in [3.05, 3.63) is 29.8 Å². The maximum absolute atomic E-state index is 11.9. The Labute approximate surface area is 106 Å². The first-order chi connectivity index (χ1) is 8.29. The van der Waals surface area contributed by atoms with E-state index in [0.717, 1.165) is 0 Å². The van der Waals surface area contributed by atoms with E-state index >= 15 is 0 Å². The van der Waals surface area contributed by atoms with Crippen molar-refractivity contribution >= 4 is 17.6 Å². The van der Waals surface area contributed by atoms with E-state index in [2.05, 4.69) is 5.32 Å². The van der Waals surface area contributed by atoms with Crippen molar-refractivity contribution in [3.63, 3.8) is 0 Å². The molecule has 1 rings (SSSR count). The molecule has 0 amide bonds. The van der Waals surface area contributed by atoms with Crippen LogP contribution in [-0.4, -0.2) is 29.2 Å². The Bertz CT molecular complexity index is 449. The molecule has 0 unspecified atom stereocenters. The van der Waals surface area contributed by atoms with E-state index in [1.807, 2.05) is 0 Å². The molecular weight excluding hydrogens is 234 g/mol. The first kappa shape index (κ1) is 14.0. The molecule has 5 heteroatoms. The number of anilines is 1. The number of nitrogens with one attached hydrogen (secondary N) is 1. The summed E-state index contributed by atoms with van der Waals surface area (Å²) in [6, 6.07) is 6.66. The fraction of sp³-hybridized carbons (Fsp3) is 0.385. The number of rotatable bonds is 4. The molecule has 1 aromatic carbocycles. The fourth-order valence-electron chi connectivity index (χ4n) is 1.32. The van der Waals surface area contributed by atoms with Gasteiger partial charge in [-0.3, -0.25) is 4.79 Å². The predicted molar refractivity (Wildman–Crippen MR) is 67.7 cm³/mol. The lowest BCUT2D eigenvalue weighted by atomic mass is 10.1. The van der Waals surface area contributed by atoms with Crippen molar-refractivity contribution in [2.45, 2.75) is 26.4 Å². The Hall–Kier alpha value is -2.04. The zero-order valence-corrected chi connectivity index (χ0v) is 10.7. The van der Waals surface area contributed by atoms with Gasteiger partial charge >= 0.3 is 11.9 Å². The highest BCUT2D eigenvalue weighted by Gasteiger charge is 2.20. The molecule has 0 atom stereocenters. The average molecular weight is 251 g/mol. The number of ether oxygens (including phenoxy) is 1. The van der Waals surface area contributed by atoms with Crippen LogP contribution in [0.2, 0.25) is 0 Å². The summed E-state index contributed by atoms with van der Waals surface area (Å²) < 4.78 is 5.24. The molecule has 0 saturated heterocycles. The molecular formula is C13H17NO4. The van der Waals surface area contributed by atoms with Crippen LogP contribution in [0.1, 0.15) is 31.1 Å². The van der Waals surface area contributed by atoms with Gasteiger partial charge in [0.2, 0.25) is 0 Å². The molecule has 0 aromatic heterocycles. The quantitative estimate of drug-likeness (QED) is 0.802. The highest BCUT2D eigenvalue weighted by atomic mass is 16.6. The summed E-state index contributed by atoms with van der Waals surface area (Å²) in [6.45, 7) is 5.08. The number of esters is 1. The van der Waals surface area contributed by atoms with Crippen molar-refractivity contribution < 1.29 is 19.4 Å². The number of aliphatic carboxylic acids is 1. The van der Waals surface area contributed by atoms with Crippen molar-refractivity contribution in [2.75, 3.05) is 11.9 Å². The summed E-state index contributed by atoms with van der Waals surface area (Å²) >= 11 is 0. The Morgan fingerprint density at radius 3 is 2.44 bits per heavy atom. The molecule has 1 aromatic rings. The van der Waals surface area contributed by atoms with Crippen molar-refractivity contribution in [1.82, 2.24) is 0 Å². The molecule has 0 spiro atoms. The summed E-state index contributed by atoms with van der Waals surface area (Å²) in [4.78, 5) is 22.4. The van der Waals surface area contributed by atoms with Crippen LogP contribution in [0.15, 0.2) is 24.3 Å². The van der Waals surface area contributed by atoms with Gasteiger partial charge in [-0.05, 0) is 32.9 Å². The topological polar surface area (TPSA) is 75.6 Å². The minimum Gasteiger partial charge on any atom is -0.480 e. The lowest BCUT2D eigenvalue weighted by molar-refractivity contribution is -0.134. The summed E-state index contributed by atoms with van der Waals surface area (Å²) in [5.74, 6) is -1.47. The largest absolute Gasteiger partial charge is 0.480 e. The van der Waals surface area contributed by atoms with E-state index < -0.39 is 17.5 Å². The van der Waals surface area contributed by atoms with Crippen molar-refractivity contribution in [2.24, 2.45) is 0 Å². The summed E-state index contributed by atoms with van der Waals surface area (Å²) in [6.07, 6.45) is 0. The summed E-state index contributed by atoms with van der Waals surface area (Å²) in [5, 5.41) is 11.3. The second-order valence-electron chi connectivity index (χ2n) is 4.79. The van der Waals surface area contributed by atoms with E-state index in [1.165, 1.54) is 0 Å². The summed E-state index contributed by atoms with van der Waals surface area (Å²) in [5.41, 5.74) is 0.194. The van der Waals surface area contributed by atoms with Crippen LogP contribution in [0.3, 0.4) is 0 Å². The van der Waals surface area contributed by atoms with Crippen LogP contribution in [0.25, 0.3) is 0 Å². The van der Waals surface area contributed by atoms with Crippen molar-refractivity contribution in [3.8, 4) is 0 Å². The highest BCUT2D eigenvalue weighted by Crippen LogP contribution is 2.19. The summed E-state index contributed by atoms with van der Waals surface area (Å²) in [7, 11) is 0. The molecule has 2 N–H and O–H groups in total. The number of hydrogen-bond acceptors (Lipinski definition) is 4. The zero-order valence-electron chi connectivity index (χ0n) is 10.7. The van der Waals surface area contributed by atoms with Crippen LogP contribution in [0.4, 0.5) is 5.69 Å². The molecule has 98 valence electrons. The number of para-hydroxylation sites is 1. The average Bonchev–Trinajstić information content (AvgIpc) is 2.24. The van der Waals surface area contributed by atoms with Gasteiger partial charge in [0.15, 0.2) is 0 Å². The minimum absolute atomic E-state index is 0.250.